The summed E-state index contributed by atoms with van der Waals surface area (Å²) in [7, 11) is 0. The first-order valence-electron chi connectivity index (χ1n) is 7.46. The number of nitrogens with one attached hydrogen (secondary N) is 2. The number of carbonyl (C=O) groups is 1. The molecule has 0 radical (unpaired) electrons. The summed E-state index contributed by atoms with van der Waals surface area (Å²) in [4.78, 5) is 16.6. The van der Waals surface area contributed by atoms with E-state index in [-0.39, 0.29) is 11.9 Å². The number of aryl methyl sites for hydroxylation is 1. The van der Waals surface area contributed by atoms with Crippen molar-refractivity contribution in [2.75, 3.05) is 11.9 Å². The van der Waals surface area contributed by atoms with Crippen molar-refractivity contribution in [1.82, 2.24) is 19.9 Å². The van der Waals surface area contributed by atoms with Crippen molar-refractivity contribution < 1.29 is 4.79 Å². The number of aromatic nitrogens is 3. The summed E-state index contributed by atoms with van der Waals surface area (Å²) in [6, 6.07) is 3.75. The number of rotatable bonds is 3. The van der Waals surface area contributed by atoms with E-state index < -0.39 is 0 Å². The summed E-state index contributed by atoms with van der Waals surface area (Å²) in [5.74, 6) is 1.21. The highest BCUT2D eigenvalue weighted by molar-refractivity contribution is 5.85. The summed E-state index contributed by atoms with van der Waals surface area (Å²) in [5, 5.41) is 10.7. The number of hydrogen-bond acceptors (Lipinski definition) is 4. The zero-order valence-corrected chi connectivity index (χ0v) is 12.7. The van der Waals surface area contributed by atoms with E-state index in [0.29, 0.717) is 5.92 Å². The molecule has 1 unspecified atom stereocenters. The van der Waals surface area contributed by atoms with Gasteiger partial charge in [-0.05, 0) is 25.7 Å². The fourth-order valence-corrected chi connectivity index (χ4v) is 2.60. The molecule has 2 N–H and O–H groups in total. The van der Waals surface area contributed by atoms with Crippen LogP contribution in [0.2, 0.25) is 0 Å². The third kappa shape index (κ3) is 2.70. The minimum Gasteiger partial charge on any atom is -0.358 e. The lowest BCUT2D eigenvalue weighted by Gasteiger charge is -2.24. The molecule has 1 aliphatic heterocycles. The van der Waals surface area contributed by atoms with Gasteiger partial charge in [0, 0.05) is 24.4 Å². The Kier molecular flexibility index (Phi) is 3.53. The van der Waals surface area contributed by atoms with Gasteiger partial charge in [0.2, 0.25) is 5.91 Å². The minimum absolute atomic E-state index is 0.0567. The summed E-state index contributed by atoms with van der Waals surface area (Å²) in [5.41, 5.74) is 2.73. The second-order valence-corrected chi connectivity index (χ2v) is 5.91. The highest BCUT2D eigenvalue weighted by Gasteiger charge is 2.23. The lowest BCUT2D eigenvalue weighted by molar-refractivity contribution is -0.123. The Bertz CT molecular complexity index is 676. The van der Waals surface area contributed by atoms with E-state index >= 15 is 0 Å². The molecule has 0 saturated carbocycles. The van der Waals surface area contributed by atoms with Gasteiger partial charge in [-0.2, -0.15) is 9.61 Å². The number of anilines is 1. The van der Waals surface area contributed by atoms with Crippen LogP contribution in [0.5, 0.6) is 0 Å². The van der Waals surface area contributed by atoms with Crippen molar-refractivity contribution in [2.45, 2.75) is 45.6 Å². The Labute approximate surface area is 123 Å². The SMILES string of the molecule is Cc1cc2nc(C(C)C)cc(NC3CCCNC3=O)n2n1. The second-order valence-electron chi connectivity index (χ2n) is 5.91. The van der Waals surface area contributed by atoms with E-state index in [0.717, 1.165) is 42.2 Å². The Hall–Kier alpha value is -2.11. The summed E-state index contributed by atoms with van der Waals surface area (Å²) in [6.07, 6.45) is 1.83. The van der Waals surface area contributed by atoms with Gasteiger partial charge in [-0.15, -0.1) is 0 Å². The number of piperidine rings is 1. The van der Waals surface area contributed by atoms with Crippen LogP contribution in [0.1, 0.15) is 44.0 Å². The minimum atomic E-state index is -0.200. The van der Waals surface area contributed by atoms with Gasteiger partial charge in [-0.3, -0.25) is 4.79 Å². The van der Waals surface area contributed by atoms with E-state index in [1.54, 1.807) is 4.52 Å². The van der Waals surface area contributed by atoms with Crippen molar-refractivity contribution in [3.63, 3.8) is 0 Å². The first-order valence-corrected chi connectivity index (χ1v) is 7.46. The summed E-state index contributed by atoms with van der Waals surface area (Å²) in [6.45, 7) is 6.93. The largest absolute Gasteiger partial charge is 0.358 e. The van der Waals surface area contributed by atoms with Crippen LogP contribution >= 0.6 is 0 Å². The molecule has 0 bridgehead atoms. The molecule has 0 spiro atoms. The van der Waals surface area contributed by atoms with E-state index in [4.69, 9.17) is 0 Å². The van der Waals surface area contributed by atoms with Gasteiger partial charge in [-0.25, -0.2) is 4.98 Å². The van der Waals surface area contributed by atoms with Crippen LogP contribution in [0.3, 0.4) is 0 Å². The van der Waals surface area contributed by atoms with Crippen LogP contribution in [0.4, 0.5) is 5.82 Å². The number of hydrogen-bond donors (Lipinski definition) is 2. The molecule has 2 aromatic rings. The third-order valence-corrected chi connectivity index (χ3v) is 3.77. The average molecular weight is 287 g/mol. The van der Waals surface area contributed by atoms with Crippen molar-refractivity contribution in [3.8, 4) is 0 Å². The predicted octanol–water partition coefficient (Wildman–Crippen LogP) is 1.85. The Morgan fingerprint density at radius 3 is 2.95 bits per heavy atom. The zero-order chi connectivity index (χ0) is 15.0. The first kappa shape index (κ1) is 13.9. The van der Waals surface area contributed by atoms with Crippen molar-refractivity contribution in [2.24, 2.45) is 0 Å². The fraction of sp³-hybridized carbons (Fsp3) is 0.533. The molecule has 3 rings (SSSR count). The fourth-order valence-electron chi connectivity index (χ4n) is 2.60. The number of fused-ring (bicyclic) bond motifs is 1. The molecular formula is C15H21N5O. The van der Waals surface area contributed by atoms with Crippen LogP contribution in [-0.4, -0.2) is 33.1 Å². The topological polar surface area (TPSA) is 71.3 Å². The molecule has 6 nitrogen and oxygen atoms in total. The third-order valence-electron chi connectivity index (χ3n) is 3.77. The summed E-state index contributed by atoms with van der Waals surface area (Å²) >= 11 is 0. The lowest BCUT2D eigenvalue weighted by atomic mass is 10.1. The van der Waals surface area contributed by atoms with Crippen LogP contribution in [-0.2, 0) is 4.79 Å². The maximum atomic E-state index is 11.9. The molecule has 1 atom stereocenters. The lowest BCUT2D eigenvalue weighted by Crippen LogP contribution is -2.44. The van der Waals surface area contributed by atoms with Gasteiger partial charge < -0.3 is 10.6 Å². The first-order chi connectivity index (χ1) is 10.0. The summed E-state index contributed by atoms with van der Waals surface area (Å²) < 4.78 is 1.78. The average Bonchev–Trinajstić information content (AvgIpc) is 2.81. The second kappa shape index (κ2) is 5.35. The van der Waals surface area contributed by atoms with Crippen molar-refractivity contribution in [1.29, 1.82) is 0 Å². The van der Waals surface area contributed by atoms with Crippen LogP contribution < -0.4 is 10.6 Å². The number of nitrogens with zero attached hydrogens (tertiary/aromatic N) is 3. The molecule has 2 aromatic heterocycles. The molecule has 0 aliphatic carbocycles. The van der Waals surface area contributed by atoms with Gasteiger partial charge >= 0.3 is 0 Å². The normalized spacial score (nSPS) is 19.0. The van der Waals surface area contributed by atoms with Crippen LogP contribution in [0.15, 0.2) is 12.1 Å². The molecule has 3 heterocycles. The number of amides is 1. The van der Waals surface area contributed by atoms with E-state index in [2.05, 4.69) is 34.6 Å². The molecule has 21 heavy (non-hydrogen) atoms. The van der Waals surface area contributed by atoms with E-state index in [9.17, 15) is 4.79 Å². The molecule has 112 valence electrons. The van der Waals surface area contributed by atoms with E-state index in [1.807, 2.05) is 19.1 Å². The van der Waals surface area contributed by atoms with Gasteiger partial charge in [0.25, 0.3) is 0 Å². The van der Waals surface area contributed by atoms with Crippen LogP contribution in [0.25, 0.3) is 5.65 Å². The predicted molar refractivity (Wildman–Crippen MR) is 81.5 cm³/mol. The monoisotopic (exact) mass is 287 g/mol. The Morgan fingerprint density at radius 2 is 2.24 bits per heavy atom. The van der Waals surface area contributed by atoms with Gasteiger partial charge in [-0.1, -0.05) is 13.8 Å². The molecule has 1 fully saturated rings. The smallest absolute Gasteiger partial charge is 0.242 e. The standard InChI is InChI=1S/C15H21N5O/c1-9(2)12-8-14(17-11-5-4-6-16-15(11)21)20-13(18-12)7-10(3)19-20/h7-9,11,17H,4-6H2,1-3H3,(H,16,21). The molecular weight excluding hydrogens is 266 g/mol. The van der Waals surface area contributed by atoms with E-state index in [1.165, 1.54) is 0 Å². The molecule has 6 heteroatoms. The Balaban J connectivity index is 2.00. The molecule has 1 aliphatic rings. The zero-order valence-electron chi connectivity index (χ0n) is 12.7. The van der Waals surface area contributed by atoms with Gasteiger partial charge in [0.1, 0.15) is 11.9 Å². The number of carbonyl (C=O) groups excluding carboxylic acids is 1. The Morgan fingerprint density at radius 1 is 1.43 bits per heavy atom. The van der Waals surface area contributed by atoms with Crippen LogP contribution in [0, 0.1) is 6.92 Å². The van der Waals surface area contributed by atoms with Crippen molar-refractivity contribution in [3.05, 3.63) is 23.5 Å². The maximum absolute atomic E-state index is 11.9. The van der Waals surface area contributed by atoms with Gasteiger partial charge in [0.15, 0.2) is 5.65 Å². The highest BCUT2D eigenvalue weighted by atomic mass is 16.2. The molecule has 1 saturated heterocycles. The molecule has 0 aromatic carbocycles. The quantitative estimate of drug-likeness (QED) is 0.904. The molecule has 1 amide bonds. The van der Waals surface area contributed by atoms with Crippen molar-refractivity contribution >= 4 is 17.4 Å². The maximum Gasteiger partial charge on any atom is 0.242 e. The highest BCUT2D eigenvalue weighted by Crippen LogP contribution is 2.21. The van der Waals surface area contributed by atoms with Gasteiger partial charge in [0.05, 0.1) is 5.69 Å².